The summed E-state index contributed by atoms with van der Waals surface area (Å²) in [5.74, 6) is 0.106. The highest BCUT2D eigenvalue weighted by Gasteiger charge is 2.30. The SMILES string of the molecule is CN(c1ccc(N2CCC(CC=O)CC2)cc1)C1CCC(=O)NC1=O. The Morgan fingerprint density at radius 3 is 2.44 bits per heavy atom. The molecule has 25 heavy (non-hydrogen) atoms. The number of piperidine rings is 2. The number of nitrogens with zero attached hydrogens (tertiary/aromatic N) is 2. The normalized spacial score (nSPS) is 21.8. The van der Waals surface area contributed by atoms with Crippen molar-refractivity contribution in [2.75, 3.05) is 29.9 Å². The number of rotatable bonds is 5. The second kappa shape index (κ2) is 7.68. The third-order valence-corrected chi connectivity index (χ3v) is 5.34. The van der Waals surface area contributed by atoms with Crippen molar-refractivity contribution < 1.29 is 14.4 Å². The fraction of sp³-hybridized carbons (Fsp3) is 0.526. The Hall–Kier alpha value is -2.37. The van der Waals surface area contributed by atoms with Gasteiger partial charge in [0.05, 0.1) is 0 Å². The van der Waals surface area contributed by atoms with E-state index in [0.717, 1.165) is 37.9 Å². The van der Waals surface area contributed by atoms with Gasteiger partial charge in [0.15, 0.2) is 0 Å². The molecule has 1 N–H and O–H groups in total. The molecule has 0 spiro atoms. The van der Waals surface area contributed by atoms with E-state index in [4.69, 9.17) is 0 Å². The first-order chi connectivity index (χ1) is 12.1. The molecule has 2 saturated heterocycles. The zero-order valence-electron chi connectivity index (χ0n) is 14.6. The lowest BCUT2D eigenvalue weighted by Crippen LogP contribution is -2.51. The Balaban J connectivity index is 1.61. The van der Waals surface area contributed by atoms with Gasteiger partial charge in [-0.2, -0.15) is 0 Å². The molecule has 1 unspecified atom stereocenters. The molecule has 2 amide bonds. The molecular weight excluding hydrogens is 318 g/mol. The summed E-state index contributed by atoms with van der Waals surface area (Å²) in [7, 11) is 1.89. The molecule has 0 radical (unpaired) electrons. The van der Waals surface area contributed by atoms with Crippen molar-refractivity contribution in [3.63, 3.8) is 0 Å². The first-order valence-corrected chi connectivity index (χ1v) is 8.93. The minimum Gasteiger partial charge on any atom is -0.372 e. The van der Waals surface area contributed by atoms with Gasteiger partial charge in [0.25, 0.3) is 0 Å². The Morgan fingerprint density at radius 1 is 1.16 bits per heavy atom. The number of nitrogens with one attached hydrogen (secondary N) is 1. The fourth-order valence-electron chi connectivity index (χ4n) is 3.69. The van der Waals surface area contributed by atoms with Crippen molar-refractivity contribution in [2.24, 2.45) is 5.92 Å². The van der Waals surface area contributed by atoms with Crippen molar-refractivity contribution in [1.82, 2.24) is 5.32 Å². The summed E-state index contributed by atoms with van der Waals surface area (Å²) in [4.78, 5) is 38.2. The molecule has 1 aromatic rings. The number of carbonyl (C=O) groups is 3. The molecule has 6 heteroatoms. The largest absolute Gasteiger partial charge is 0.372 e. The molecule has 2 aliphatic rings. The zero-order chi connectivity index (χ0) is 17.8. The van der Waals surface area contributed by atoms with Crippen molar-refractivity contribution in [3.05, 3.63) is 24.3 Å². The number of benzene rings is 1. The van der Waals surface area contributed by atoms with Gasteiger partial charge in [-0.1, -0.05) is 0 Å². The summed E-state index contributed by atoms with van der Waals surface area (Å²) in [6.45, 7) is 1.95. The van der Waals surface area contributed by atoms with Gasteiger partial charge < -0.3 is 14.6 Å². The fourth-order valence-corrected chi connectivity index (χ4v) is 3.69. The van der Waals surface area contributed by atoms with Crippen LogP contribution in [-0.2, 0) is 14.4 Å². The van der Waals surface area contributed by atoms with Crippen LogP contribution in [0.5, 0.6) is 0 Å². The highest BCUT2D eigenvalue weighted by molar-refractivity contribution is 6.01. The first kappa shape index (κ1) is 17.5. The standard InChI is InChI=1S/C19H25N3O3/c1-21(17-6-7-18(24)20-19(17)25)15-2-4-16(5-3-15)22-11-8-14(9-12-22)10-13-23/h2-5,13-14,17H,6-12H2,1H3,(H,20,24,25). The van der Waals surface area contributed by atoms with Gasteiger partial charge >= 0.3 is 0 Å². The predicted octanol–water partition coefficient (Wildman–Crippen LogP) is 1.73. The van der Waals surface area contributed by atoms with Gasteiger partial charge in [-0.25, -0.2) is 0 Å². The molecule has 0 saturated carbocycles. The van der Waals surface area contributed by atoms with Crippen molar-refractivity contribution in [1.29, 1.82) is 0 Å². The van der Waals surface area contributed by atoms with Crippen LogP contribution in [-0.4, -0.2) is 44.3 Å². The molecule has 1 aromatic carbocycles. The molecule has 2 aliphatic heterocycles. The summed E-state index contributed by atoms with van der Waals surface area (Å²) < 4.78 is 0. The van der Waals surface area contributed by atoms with E-state index in [0.29, 0.717) is 25.2 Å². The van der Waals surface area contributed by atoms with Crippen LogP contribution < -0.4 is 15.1 Å². The molecule has 0 bridgehead atoms. The maximum atomic E-state index is 12.0. The average Bonchev–Trinajstić information content (AvgIpc) is 2.62. The van der Waals surface area contributed by atoms with Gasteiger partial charge in [-0.15, -0.1) is 0 Å². The zero-order valence-corrected chi connectivity index (χ0v) is 14.6. The van der Waals surface area contributed by atoms with E-state index in [9.17, 15) is 14.4 Å². The van der Waals surface area contributed by atoms with E-state index < -0.39 is 0 Å². The van der Waals surface area contributed by atoms with Gasteiger partial charge in [-0.05, 0) is 49.4 Å². The summed E-state index contributed by atoms with van der Waals surface area (Å²) in [6, 6.07) is 7.91. The topological polar surface area (TPSA) is 69.7 Å². The van der Waals surface area contributed by atoms with Gasteiger partial charge in [-0.3, -0.25) is 14.9 Å². The number of likely N-dealkylation sites (N-methyl/N-ethyl adjacent to an activating group) is 1. The maximum absolute atomic E-state index is 12.0. The molecule has 3 rings (SSSR count). The van der Waals surface area contributed by atoms with Gasteiger partial charge in [0.2, 0.25) is 11.8 Å². The van der Waals surface area contributed by atoms with Crippen LogP contribution in [0.2, 0.25) is 0 Å². The third-order valence-electron chi connectivity index (χ3n) is 5.34. The summed E-state index contributed by atoms with van der Waals surface area (Å²) in [5, 5.41) is 2.40. The molecule has 0 aliphatic carbocycles. The van der Waals surface area contributed by atoms with Crippen LogP contribution in [0.3, 0.4) is 0 Å². The Kier molecular flexibility index (Phi) is 5.36. The minimum absolute atomic E-state index is 0.192. The van der Waals surface area contributed by atoms with E-state index in [1.807, 2.05) is 24.1 Å². The Bertz CT molecular complexity index is 636. The smallest absolute Gasteiger partial charge is 0.249 e. The molecule has 134 valence electrons. The van der Waals surface area contributed by atoms with Crippen molar-refractivity contribution in [3.8, 4) is 0 Å². The highest BCUT2D eigenvalue weighted by atomic mass is 16.2. The molecule has 2 heterocycles. The van der Waals surface area contributed by atoms with Gasteiger partial charge in [0, 0.05) is 44.4 Å². The second-order valence-electron chi connectivity index (χ2n) is 6.93. The molecule has 2 fully saturated rings. The number of carbonyl (C=O) groups excluding carboxylic acids is 3. The van der Waals surface area contributed by atoms with E-state index in [1.165, 1.54) is 5.69 Å². The van der Waals surface area contributed by atoms with Crippen molar-refractivity contribution in [2.45, 2.75) is 38.1 Å². The van der Waals surface area contributed by atoms with E-state index >= 15 is 0 Å². The average molecular weight is 343 g/mol. The number of hydrogen-bond acceptors (Lipinski definition) is 5. The lowest BCUT2D eigenvalue weighted by molar-refractivity contribution is -0.134. The molecular formula is C19H25N3O3. The molecule has 6 nitrogen and oxygen atoms in total. The van der Waals surface area contributed by atoms with E-state index in [2.05, 4.69) is 22.3 Å². The molecule has 1 atom stereocenters. The number of imide groups is 1. The lowest BCUT2D eigenvalue weighted by atomic mass is 9.94. The number of hydrogen-bond donors (Lipinski definition) is 1. The van der Waals surface area contributed by atoms with E-state index in [1.54, 1.807) is 0 Å². The van der Waals surface area contributed by atoms with Crippen LogP contribution in [0.25, 0.3) is 0 Å². The highest BCUT2D eigenvalue weighted by Crippen LogP contribution is 2.27. The van der Waals surface area contributed by atoms with Crippen LogP contribution in [0.15, 0.2) is 24.3 Å². The maximum Gasteiger partial charge on any atom is 0.249 e. The number of amides is 2. The van der Waals surface area contributed by atoms with Crippen LogP contribution in [0.1, 0.15) is 32.1 Å². The second-order valence-corrected chi connectivity index (χ2v) is 6.93. The Labute approximate surface area is 148 Å². The minimum atomic E-state index is -0.303. The number of aldehydes is 1. The summed E-state index contributed by atoms with van der Waals surface area (Å²) in [5.41, 5.74) is 2.14. The van der Waals surface area contributed by atoms with E-state index in [-0.39, 0.29) is 17.9 Å². The molecule has 0 aromatic heterocycles. The number of anilines is 2. The summed E-state index contributed by atoms with van der Waals surface area (Å²) in [6.07, 6.45) is 4.73. The monoisotopic (exact) mass is 343 g/mol. The van der Waals surface area contributed by atoms with Crippen LogP contribution in [0.4, 0.5) is 11.4 Å². The Morgan fingerprint density at radius 2 is 1.84 bits per heavy atom. The summed E-state index contributed by atoms with van der Waals surface area (Å²) >= 11 is 0. The first-order valence-electron chi connectivity index (χ1n) is 8.93. The lowest BCUT2D eigenvalue weighted by Gasteiger charge is -2.34. The van der Waals surface area contributed by atoms with Gasteiger partial charge in [0.1, 0.15) is 12.3 Å². The van der Waals surface area contributed by atoms with Crippen molar-refractivity contribution >= 4 is 29.5 Å². The van der Waals surface area contributed by atoms with Crippen LogP contribution in [0, 0.1) is 5.92 Å². The predicted molar refractivity (Wildman–Crippen MR) is 96.6 cm³/mol. The third kappa shape index (κ3) is 4.00. The van der Waals surface area contributed by atoms with Crippen LogP contribution >= 0.6 is 0 Å². The quantitative estimate of drug-likeness (QED) is 0.651.